The van der Waals surface area contributed by atoms with Crippen molar-refractivity contribution in [2.75, 3.05) is 19.8 Å². The zero-order valence-electron chi connectivity index (χ0n) is 23.7. The van der Waals surface area contributed by atoms with Crippen molar-refractivity contribution in [1.29, 1.82) is 0 Å². The minimum absolute atomic E-state index is 0.0460. The van der Waals surface area contributed by atoms with E-state index in [-0.39, 0.29) is 19.6 Å². The number of hydrogen-bond acceptors (Lipinski definition) is 21. The SMILES string of the molecule is NCCCO[C@@H]1O[C@@H](C(=O)[O-])[C@@H](O[C@H]2O[C@H](COS(=O)(=O)[O-])[C@@H](O)[C@H](O)[C@H]2NS(=O)(=O)[O-])[C@H](OCc2ccccc2)[C@H]1OS(=O)(=O)[O-]. The van der Waals surface area contributed by atoms with Gasteiger partial charge in [0.2, 0.25) is 20.8 Å². The number of carbonyl (C=O) groups excluding carboxylic acids is 1. The third-order valence-corrected chi connectivity index (χ3v) is 7.96. The van der Waals surface area contributed by atoms with Gasteiger partial charge in [0.1, 0.15) is 42.7 Å². The first-order valence-corrected chi connectivity index (χ1v) is 17.3. The van der Waals surface area contributed by atoms with Crippen molar-refractivity contribution in [3.05, 3.63) is 35.9 Å². The molecule has 47 heavy (non-hydrogen) atoms. The largest absolute Gasteiger partial charge is 0.735 e. The summed E-state index contributed by atoms with van der Waals surface area (Å²) >= 11 is 0. The van der Waals surface area contributed by atoms with Crippen LogP contribution >= 0.6 is 0 Å². The number of hydrogen-bond donors (Lipinski definition) is 4. The molecule has 1 aromatic rings. The summed E-state index contributed by atoms with van der Waals surface area (Å²) in [6.07, 6.45) is -19.8. The Balaban J connectivity index is 2.09. The number of rotatable bonds is 17. The van der Waals surface area contributed by atoms with E-state index >= 15 is 0 Å². The maximum atomic E-state index is 12.3. The Morgan fingerprint density at radius 1 is 0.894 bits per heavy atom. The molecule has 2 aliphatic rings. The molecule has 0 radical (unpaired) electrons. The van der Waals surface area contributed by atoms with Gasteiger partial charge in [-0.2, -0.15) is 0 Å². The Bertz CT molecular complexity index is 1490. The van der Waals surface area contributed by atoms with Crippen LogP contribution in [0.5, 0.6) is 0 Å². The first-order valence-electron chi connectivity index (χ1n) is 13.3. The highest BCUT2D eigenvalue weighted by Gasteiger charge is 2.54. The van der Waals surface area contributed by atoms with Crippen LogP contribution < -0.4 is 15.6 Å². The van der Waals surface area contributed by atoms with Crippen LogP contribution in [-0.4, -0.2) is 136 Å². The molecule has 0 spiro atoms. The van der Waals surface area contributed by atoms with Crippen LogP contribution in [0.1, 0.15) is 12.0 Å². The van der Waals surface area contributed by atoms with Crippen LogP contribution in [0.3, 0.4) is 0 Å². The van der Waals surface area contributed by atoms with Gasteiger partial charge in [0.05, 0.1) is 25.8 Å². The number of benzene rings is 1. The van der Waals surface area contributed by atoms with Gasteiger partial charge in [-0.05, 0) is 18.5 Å². The number of carbonyl (C=O) groups is 1. The average Bonchev–Trinajstić information content (AvgIpc) is 2.95. The molecule has 22 nitrogen and oxygen atoms in total. The standard InChI is InChI=1S/C22H34N2O20S3/c23-7-4-8-38-22-19(44-47(35,36)37)16(39-9-11-5-2-1-3-6-11)17(18(43-22)20(27)28)42-21-13(24-45(29,30)31)15(26)14(25)12(41-21)10-40-46(32,33)34/h1-3,5-6,12-19,21-22,24-26H,4,7-10,23H2,(H,27,28)(H,29,30,31)(H,32,33,34)(H,35,36,37)/p-4/t12-,13-,14-,15-,16+,17+,18-,19-,21-,22-/m1/s1. The number of carboxylic acids is 1. The summed E-state index contributed by atoms with van der Waals surface area (Å²) in [5.41, 5.74) is 5.82. The average molecular weight is 739 g/mol. The van der Waals surface area contributed by atoms with Crippen molar-refractivity contribution in [2.45, 2.75) is 74.4 Å². The molecular formula is C22H30N2O20S3-4. The highest BCUT2D eigenvalue weighted by molar-refractivity contribution is 7.83. The van der Waals surface area contributed by atoms with E-state index < -0.39 is 112 Å². The van der Waals surface area contributed by atoms with E-state index in [1.165, 1.54) is 16.9 Å². The molecule has 2 fully saturated rings. The number of aliphatic hydroxyl groups excluding tert-OH is 2. The molecule has 0 bridgehead atoms. The number of ether oxygens (including phenoxy) is 5. The molecule has 2 aliphatic heterocycles. The summed E-state index contributed by atoms with van der Waals surface area (Å²) in [4.78, 5) is 12.3. The van der Waals surface area contributed by atoms with E-state index in [1.54, 1.807) is 18.2 Å². The van der Waals surface area contributed by atoms with Gasteiger partial charge in [0.25, 0.3) is 0 Å². The van der Waals surface area contributed by atoms with Gasteiger partial charge in [-0.1, -0.05) is 30.3 Å². The molecule has 0 aromatic heterocycles. The molecule has 10 atom stereocenters. The monoisotopic (exact) mass is 738 g/mol. The molecule has 2 saturated heterocycles. The van der Waals surface area contributed by atoms with Crippen molar-refractivity contribution in [1.82, 2.24) is 4.72 Å². The fourth-order valence-electron chi connectivity index (χ4n) is 4.54. The first kappa shape index (κ1) is 39.4. The van der Waals surface area contributed by atoms with Gasteiger partial charge in [-0.15, -0.1) is 0 Å². The van der Waals surface area contributed by atoms with Crippen LogP contribution in [0.4, 0.5) is 0 Å². The summed E-state index contributed by atoms with van der Waals surface area (Å²) in [5.74, 6) is -2.09. The minimum atomic E-state index is -5.65. The normalized spacial score (nSPS) is 32.2. The summed E-state index contributed by atoms with van der Waals surface area (Å²) in [7, 11) is -16.6. The molecule has 25 heteroatoms. The second kappa shape index (κ2) is 16.6. The topological polar surface area (TPSA) is 355 Å². The minimum Gasteiger partial charge on any atom is -0.735 e. The van der Waals surface area contributed by atoms with Crippen molar-refractivity contribution in [3.8, 4) is 0 Å². The molecule has 0 unspecified atom stereocenters. The lowest BCUT2D eigenvalue weighted by atomic mass is 9.95. The summed E-state index contributed by atoms with van der Waals surface area (Å²) < 4.78 is 140. The molecule has 2 heterocycles. The van der Waals surface area contributed by atoms with Gasteiger partial charge < -0.3 is 63.2 Å². The highest BCUT2D eigenvalue weighted by atomic mass is 32.3. The van der Waals surface area contributed by atoms with Crippen molar-refractivity contribution < 1.29 is 91.1 Å². The van der Waals surface area contributed by atoms with E-state index in [9.17, 15) is 59.0 Å². The van der Waals surface area contributed by atoms with Crippen LogP contribution in [0.15, 0.2) is 30.3 Å². The molecule has 5 N–H and O–H groups in total. The van der Waals surface area contributed by atoms with E-state index in [0.29, 0.717) is 5.56 Å². The Morgan fingerprint density at radius 3 is 2.11 bits per heavy atom. The smallest absolute Gasteiger partial charge is 0.218 e. The van der Waals surface area contributed by atoms with Crippen LogP contribution in [0.25, 0.3) is 0 Å². The number of aliphatic hydroxyl groups is 2. The van der Waals surface area contributed by atoms with Gasteiger partial charge in [-0.3, -0.25) is 8.37 Å². The number of carboxylic acid groups (broad SMARTS) is 1. The van der Waals surface area contributed by atoms with Crippen LogP contribution in [0, 0.1) is 0 Å². The van der Waals surface area contributed by atoms with E-state index in [1.807, 2.05) is 0 Å². The zero-order valence-corrected chi connectivity index (χ0v) is 26.2. The van der Waals surface area contributed by atoms with Crippen molar-refractivity contribution in [3.63, 3.8) is 0 Å². The molecular weight excluding hydrogens is 708 g/mol. The lowest BCUT2D eigenvalue weighted by molar-refractivity contribution is -0.369. The maximum absolute atomic E-state index is 12.3. The predicted octanol–water partition coefficient (Wildman–Crippen LogP) is -6.02. The Labute approximate surface area is 268 Å². The Hall–Kier alpha value is -2.02. The number of nitrogens with one attached hydrogen (secondary N) is 1. The van der Waals surface area contributed by atoms with Crippen LogP contribution in [0.2, 0.25) is 0 Å². The maximum Gasteiger partial charge on any atom is 0.218 e. The Kier molecular flexibility index (Phi) is 13.9. The van der Waals surface area contributed by atoms with Gasteiger partial charge in [0.15, 0.2) is 29.0 Å². The molecule has 270 valence electrons. The molecule has 0 aliphatic carbocycles. The second-order valence-electron chi connectivity index (χ2n) is 9.90. The van der Waals surface area contributed by atoms with E-state index in [0.717, 1.165) is 0 Å². The Morgan fingerprint density at radius 2 is 1.55 bits per heavy atom. The molecule has 0 saturated carbocycles. The zero-order chi connectivity index (χ0) is 35.2. The van der Waals surface area contributed by atoms with Gasteiger partial charge in [-0.25, -0.2) is 30.0 Å². The lowest BCUT2D eigenvalue weighted by Gasteiger charge is -2.49. The number of nitrogens with two attached hydrogens (primary N) is 1. The van der Waals surface area contributed by atoms with Gasteiger partial charge in [0, 0.05) is 0 Å². The number of aliphatic carboxylic acids is 1. The second-order valence-corrected chi connectivity index (χ2v) is 13.1. The molecule has 0 amide bonds. The fourth-order valence-corrected chi connectivity index (χ4v) is 5.90. The lowest BCUT2D eigenvalue weighted by Crippen LogP contribution is -2.69. The fraction of sp³-hybridized carbons (Fsp3) is 0.682. The van der Waals surface area contributed by atoms with Crippen molar-refractivity contribution in [2.24, 2.45) is 5.73 Å². The predicted molar refractivity (Wildman–Crippen MR) is 141 cm³/mol. The third-order valence-electron chi connectivity index (χ3n) is 6.52. The highest BCUT2D eigenvalue weighted by Crippen LogP contribution is 2.34. The summed E-state index contributed by atoms with van der Waals surface area (Å²) in [5, 5.41) is 33.3. The van der Waals surface area contributed by atoms with Crippen LogP contribution in [-0.2, 0) is 74.6 Å². The van der Waals surface area contributed by atoms with E-state index in [4.69, 9.17) is 29.4 Å². The van der Waals surface area contributed by atoms with Crippen molar-refractivity contribution >= 4 is 37.1 Å². The first-order chi connectivity index (χ1) is 21.8. The molecule has 3 rings (SSSR count). The molecule has 1 aromatic carbocycles. The van der Waals surface area contributed by atoms with E-state index in [2.05, 4.69) is 8.37 Å². The van der Waals surface area contributed by atoms with Gasteiger partial charge >= 0.3 is 0 Å². The summed E-state index contributed by atoms with van der Waals surface area (Å²) in [6, 6.07) is 5.52. The quantitative estimate of drug-likeness (QED) is 0.0656. The summed E-state index contributed by atoms with van der Waals surface area (Å²) in [6.45, 7) is -2.01. The third kappa shape index (κ3) is 12.1.